The van der Waals surface area contributed by atoms with Gasteiger partial charge < -0.3 is 10.6 Å². The summed E-state index contributed by atoms with van der Waals surface area (Å²) in [6, 6.07) is 16.0. The lowest BCUT2D eigenvalue weighted by molar-refractivity contribution is 0.0911. The summed E-state index contributed by atoms with van der Waals surface area (Å²) >= 11 is 0. The van der Waals surface area contributed by atoms with E-state index < -0.39 is 0 Å². The van der Waals surface area contributed by atoms with E-state index >= 15 is 0 Å². The zero-order chi connectivity index (χ0) is 20.6. The van der Waals surface area contributed by atoms with Crippen LogP contribution in [0.4, 0.5) is 23.1 Å². The summed E-state index contributed by atoms with van der Waals surface area (Å²) in [6.07, 6.45) is 1.23. The van der Waals surface area contributed by atoms with E-state index in [0.717, 1.165) is 23.5 Å². The van der Waals surface area contributed by atoms with E-state index in [-0.39, 0.29) is 11.2 Å². The SMILES string of the molecule is Cc1ccc(Nc2nc(Nc3ccccc3)nc3c2C(=O)CC(C)(C)C3)cc1C. The second-order valence-electron chi connectivity index (χ2n) is 8.57. The first-order valence-corrected chi connectivity index (χ1v) is 9.91. The van der Waals surface area contributed by atoms with Gasteiger partial charge in [0.25, 0.3) is 0 Å². The summed E-state index contributed by atoms with van der Waals surface area (Å²) < 4.78 is 0. The number of benzene rings is 2. The number of aryl methyl sites for hydroxylation is 2. The van der Waals surface area contributed by atoms with E-state index in [0.29, 0.717) is 23.8 Å². The first kappa shape index (κ1) is 19.1. The van der Waals surface area contributed by atoms with Gasteiger partial charge in [-0.2, -0.15) is 4.98 Å². The molecule has 0 unspecified atom stereocenters. The number of rotatable bonds is 4. The highest BCUT2D eigenvalue weighted by Gasteiger charge is 2.35. The Morgan fingerprint density at radius 3 is 2.34 bits per heavy atom. The van der Waals surface area contributed by atoms with Crippen LogP contribution in [0, 0.1) is 19.3 Å². The van der Waals surface area contributed by atoms with Crippen molar-refractivity contribution in [1.29, 1.82) is 0 Å². The minimum absolute atomic E-state index is 0.0915. The first-order valence-electron chi connectivity index (χ1n) is 9.91. The summed E-state index contributed by atoms with van der Waals surface area (Å²) in [5.41, 5.74) is 5.54. The second kappa shape index (κ2) is 7.32. The van der Waals surface area contributed by atoms with Crippen molar-refractivity contribution in [2.24, 2.45) is 5.41 Å². The molecule has 0 saturated heterocycles. The highest BCUT2D eigenvalue weighted by molar-refractivity contribution is 6.03. The van der Waals surface area contributed by atoms with Crippen molar-refractivity contribution >= 4 is 28.9 Å². The van der Waals surface area contributed by atoms with Gasteiger partial charge in [0.1, 0.15) is 5.82 Å². The van der Waals surface area contributed by atoms with E-state index in [9.17, 15) is 4.79 Å². The lowest BCUT2D eigenvalue weighted by Crippen LogP contribution is -2.29. The predicted octanol–water partition coefficient (Wildman–Crippen LogP) is 5.74. The number of ketones is 1. The van der Waals surface area contributed by atoms with E-state index in [2.05, 4.69) is 55.4 Å². The topological polar surface area (TPSA) is 66.9 Å². The van der Waals surface area contributed by atoms with E-state index in [4.69, 9.17) is 4.98 Å². The van der Waals surface area contributed by atoms with Crippen LogP contribution in [0.15, 0.2) is 48.5 Å². The van der Waals surface area contributed by atoms with Gasteiger partial charge in [0.2, 0.25) is 5.95 Å². The Kier molecular flexibility index (Phi) is 4.82. The molecular weight excluding hydrogens is 360 g/mol. The number of hydrogen-bond donors (Lipinski definition) is 2. The molecule has 1 aliphatic carbocycles. The summed E-state index contributed by atoms with van der Waals surface area (Å²) in [6.45, 7) is 8.37. The molecule has 0 radical (unpaired) electrons. The third-order valence-corrected chi connectivity index (χ3v) is 5.35. The Hall–Kier alpha value is -3.21. The van der Waals surface area contributed by atoms with Crippen LogP contribution < -0.4 is 10.6 Å². The van der Waals surface area contributed by atoms with E-state index in [1.807, 2.05) is 36.4 Å². The summed E-state index contributed by atoms with van der Waals surface area (Å²) in [5.74, 6) is 1.15. The number of fused-ring (bicyclic) bond motifs is 1. The Morgan fingerprint density at radius 1 is 0.862 bits per heavy atom. The predicted molar refractivity (Wildman–Crippen MR) is 117 cm³/mol. The Labute approximate surface area is 171 Å². The highest BCUT2D eigenvalue weighted by Crippen LogP contribution is 2.38. The lowest BCUT2D eigenvalue weighted by Gasteiger charge is -2.30. The van der Waals surface area contributed by atoms with Gasteiger partial charge in [-0.25, -0.2) is 4.98 Å². The molecule has 29 heavy (non-hydrogen) atoms. The van der Waals surface area contributed by atoms with Crippen molar-refractivity contribution in [2.45, 2.75) is 40.5 Å². The summed E-state index contributed by atoms with van der Waals surface area (Å²) in [7, 11) is 0. The third kappa shape index (κ3) is 4.14. The maximum Gasteiger partial charge on any atom is 0.229 e. The molecule has 0 atom stereocenters. The smallest absolute Gasteiger partial charge is 0.229 e. The van der Waals surface area contributed by atoms with Crippen LogP contribution in [-0.4, -0.2) is 15.8 Å². The first-order chi connectivity index (χ1) is 13.8. The molecule has 2 N–H and O–H groups in total. The van der Waals surface area contributed by atoms with Gasteiger partial charge in [0.15, 0.2) is 5.78 Å². The maximum absolute atomic E-state index is 13.0. The zero-order valence-electron chi connectivity index (χ0n) is 17.3. The molecule has 0 bridgehead atoms. The van der Waals surface area contributed by atoms with Gasteiger partial charge in [-0.1, -0.05) is 38.1 Å². The van der Waals surface area contributed by atoms with Crippen LogP contribution in [0.25, 0.3) is 0 Å². The molecule has 4 rings (SSSR count). The standard InChI is InChI=1S/C24H26N4O/c1-15-10-11-18(12-16(15)2)25-22-21-19(13-24(3,4)14-20(21)29)27-23(28-22)26-17-8-6-5-7-9-17/h5-12H,13-14H2,1-4H3,(H2,25,26,27,28). The number of para-hydroxylation sites is 1. The van der Waals surface area contributed by atoms with Crippen LogP contribution in [0.2, 0.25) is 0 Å². The average Bonchev–Trinajstić information content (AvgIpc) is 2.64. The van der Waals surface area contributed by atoms with Crippen molar-refractivity contribution < 1.29 is 4.79 Å². The zero-order valence-corrected chi connectivity index (χ0v) is 17.3. The summed E-state index contributed by atoms with van der Waals surface area (Å²) in [5, 5.41) is 6.64. The molecule has 1 aliphatic rings. The van der Waals surface area contributed by atoms with Crippen molar-refractivity contribution in [3.63, 3.8) is 0 Å². The van der Waals surface area contributed by atoms with Gasteiger partial charge in [-0.15, -0.1) is 0 Å². The van der Waals surface area contributed by atoms with Crippen LogP contribution in [0.3, 0.4) is 0 Å². The number of hydrogen-bond acceptors (Lipinski definition) is 5. The van der Waals surface area contributed by atoms with Crippen molar-refractivity contribution in [3.05, 3.63) is 70.9 Å². The van der Waals surface area contributed by atoms with Gasteiger partial charge in [-0.3, -0.25) is 4.79 Å². The van der Waals surface area contributed by atoms with Crippen molar-refractivity contribution in [3.8, 4) is 0 Å². The minimum Gasteiger partial charge on any atom is -0.339 e. The quantitative estimate of drug-likeness (QED) is 0.599. The molecule has 3 aromatic rings. The van der Waals surface area contributed by atoms with Crippen molar-refractivity contribution in [1.82, 2.24) is 9.97 Å². The number of anilines is 4. The fourth-order valence-electron chi connectivity index (χ4n) is 3.72. The number of nitrogens with zero attached hydrogens (tertiary/aromatic N) is 2. The number of Topliss-reactive ketones (excluding diaryl/α,β-unsaturated/α-hetero) is 1. The van der Waals surface area contributed by atoms with Crippen molar-refractivity contribution in [2.75, 3.05) is 10.6 Å². The molecule has 1 aromatic heterocycles. The number of carbonyl (C=O) groups excluding carboxylic acids is 1. The highest BCUT2D eigenvalue weighted by atomic mass is 16.1. The lowest BCUT2D eigenvalue weighted by atomic mass is 9.75. The van der Waals surface area contributed by atoms with Crippen LogP contribution >= 0.6 is 0 Å². The second-order valence-corrected chi connectivity index (χ2v) is 8.57. The number of aromatic nitrogens is 2. The molecule has 5 heteroatoms. The number of carbonyl (C=O) groups is 1. The normalized spacial score (nSPS) is 15.0. The van der Waals surface area contributed by atoms with E-state index in [1.165, 1.54) is 11.1 Å². The molecule has 0 fully saturated rings. The van der Waals surface area contributed by atoms with Gasteiger partial charge >= 0.3 is 0 Å². The van der Waals surface area contributed by atoms with Gasteiger partial charge in [0.05, 0.1) is 11.3 Å². The molecule has 2 aromatic carbocycles. The van der Waals surface area contributed by atoms with Crippen LogP contribution in [-0.2, 0) is 6.42 Å². The molecule has 0 spiro atoms. The maximum atomic E-state index is 13.0. The Balaban J connectivity index is 1.78. The molecule has 148 valence electrons. The molecule has 0 saturated carbocycles. The fourth-order valence-corrected chi connectivity index (χ4v) is 3.72. The third-order valence-electron chi connectivity index (χ3n) is 5.35. The van der Waals surface area contributed by atoms with Gasteiger partial charge in [-0.05, 0) is 61.1 Å². The largest absolute Gasteiger partial charge is 0.339 e. The number of nitrogens with one attached hydrogen (secondary N) is 2. The Bertz CT molecular complexity index is 1070. The fraction of sp³-hybridized carbons (Fsp3) is 0.292. The molecule has 1 heterocycles. The van der Waals surface area contributed by atoms with Crippen LogP contribution in [0.5, 0.6) is 0 Å². The molecule has 5 nitrogen and oxygen atoms in total. The summed E-state index contributed by atoms with van der Waals surface area (Å²) in [4.78, 5) is 22.3. The monoisotopic (exact) mass is 386 g/mol. The molecule has 0 aliphatic heterocycles. The van der Waals surface area contributed by atoms with Crippen LogP contribution in [0.1, 0.15) is 47.4 Å². The minimum atomic E-state index is -0.111. The van der Waals surface area contributed by atoms with Gasteiger partial charge in [0, 0.05) is 17.8 Å². The van der Waals surface area contributed by atoms with E-state index in [1.54, 1.807) is 0 Å². The molecule has 0 amide bonds. The molecular formula is C24H26N4O. The average molecular weight is 386 g/mol. The Morgan fingerprint density at radius 2 is 1.62 bits per heavy atom.